The van der Waals surface area contributed by atoms with Gasteiger partial charge in [0.2, 0.25) is 6.79 Å². The number of benzene rings is 3. The quantitative estimate of drug-likeness (QED) is 0.518. The van der Waals surface area contributed by atoms with Crippen molar-refractivity contribution in [2.24, 2.45) is 5.92 Å². The molecule has 35 heavy (non-hydrogen) atoms. The summed E-state index contributed by atoms with van der Waals surface area (Å²) in [7, 11) is 1.62. The monoisotopic (exact) mass is 475 g/mol. The van der Waals surface area contributed by atoms with E-state index >= 15 is 0 Å². The summed E-state index contributed by atoms with van der Waals surface area (Å²) in [6, 6.07) is 23.2. The molecule has 7 heteroatoms. The standard InChI is InChI=1S/C28H29NO6/c1-32-21-10-7-19(8-11-21)23-16-29(13-14-33-22-5-3-2-4-6-22)17-24(27(23)28(30)31)20-9-12-25-26(15-20)35-18-34-25/h2-12,15,23-24,27H,13-14,16-18H2,1H3,(H,30,31)/t23-,24?,27-/m1/s1. The van der Waals surface area contributed by atoms with Crippen LogP contribution in [0.25, 0.3) is 0 Å². The first-order chi connectivity index (χ1) is 17.1. The first kappa shape index (κ1) is 23.1. The number of para-hydroxylation sites is 1. The normalized spacial score (nSPS) is 21.5. The number of piperidine rings is 1. The number of methoxy groups -OCH3 is 1. The van der Waals surface area contributed by atoms with E-state index in [1.165, 1.54) is 0 Å². The molecule has 1 unspecified atom stereocenters. The minimum atomic E-state index is -0.798. The van der Waals surface area contributed by atoms with Gasteiger partial charge in [0.1, 0.15) is 18.1 Å². The highest BCUT2D eigenvalue weighted by molar-refractivity contribution is 5.73. The number of aliphatic carboxylic acids is 1. The van der Waals surface area contributed by atoms with Crippen molar-refractivity contribution in [3.05, 3.63) is 83.9 Å². The molecule has 0 radical (unpaired) electrons. The summed E-state index contributed by atoms with van der Waals surface area (Å²) in [5.74, 6) is 1.12. The lowest BCUT2D eigenvalue weighted by Gasteiger charge is -2.42. The van der Waals surface area contributed by atoms with Gasteiger partial charge >= 0.3 is 5.97 Å². The van der Waals surface area contributed by atoms with E-state index in [2.05, 4.69) is 4.90 Å². The Labute approximate surface area is 204 Å². The number of nitrogens with zero attached hydrogens (tertiary/aromatic N) is 1. The Morgan fingerprint density at radius 3 is 2.31 bits per heavy atom. The molecule has 1 N–H and O–H groups in total. The number of ether oxygens (including phenoxy) is 4. The Morgan fingerprint density at radius 2 is 1.60 bits per heavy atom. The van der Waals surface area contributed by atoms with Crippen LogP contribution in [0.3, 0.4) is 0 Å². The second-order valence-electron chi connectivity index (χ2n) is 8.88. The van der Waals surface area contributed by atoms with Crippen LogP contribution < -0.4 is 18.9 Å². The average molecular weight is 476 g/mol. The Hall–Kier alpha value is -3.71. The molecule has 2 aliphatic heterocycles. The second-order valence-corrected chi connectivity index (χ2v) is 8.88. The van der Waals surface area contributed by atoms with Gasteiger partial charge in [0.15, 0.2) is 11.5 Å². The lowest BCUT2D eigenvalue weighted by Crippen LogP contribution is -2.48. The molecule has 0 amide bonds. The lowest BCUT2D eigenvalue weighted by atomic mass is 9.71. The fourth-order valence-corrected chi connectivity index (χ4v) is 5.09. The zero-order valence-electron chi connectivity index (χ0n) is 19.6. The molecule has 1 saturated heterocycles. The largest absolute Gasteiger partial charge is 0.497 e. The molecule has 3 aromatic rings. The maximum atomic E-state index is 12.7. The van der Waals surface area contributed by atoms with E-state index in [-0.39, 0.29) is 18.6 Å². The van der Waals surface area contributed by atoms with Crippen LogP contribution in [0.2, 0.25) is 0 Å². The third-order valence-electron chi connectivity index (χ3n) is 6.85. The molecule has 7 nitrogen and oxygen atoms in total. The molecule has 0 saturated carbocycles. The fraction of sp³-hybridized carbons (Fsp3) is 0.321. The van der Waals surface area contributed by atoms with Gasteiger partial charge in [-0.05, 0) is 47.5 Å². The number of rotatable bonds is 8. The van der Waals surface area contributed by atoms with Crippen molar-refractivity contribution in [3.8, 4) is 23.0 Å². The van der Waals surface area contributed by atoms with Crippen molar-refractivity contribution in [1.29, 1.82) is 0 Å². The van der Waals surface area contributed by atoms with Crippen molar-refractivity contribution in [2.45, 2.75) is 11.8 Å². The minimum absolute atomic E-state index is 0.184. The van der Waals surface area contributed by atoms with E-state index in [9.17, 15) is 9.90 Å². The Morgan fingerprint density at radius 1 is 0.914 bits per heavy atom. The van der Waals surface area contributed by atoms with Gasteiger partial charge < -0.3 is 24.1 Å². The summed E-state index contributed by atoms with van der Waals surface area (Å²) in [6.45, 7) is 2.63. The highest BCUT2D eigenvalue weighted by Crippen LogP contribution is 2.44. The zero-order chi connectivity index (χ0) is 24.2. The van der Waals surface area contributed by atoms with Crippen molar-refractivity contribution in [1.82, 2.24) is 4.90 Å². The van der Waals surface area contributed by atoms with Gasteiger partial charge in [0.25, 0.3) is 0 Å². The highest BCUT2D eigenvalue weighted by atomic mass is 16.7. The molecule has 0 aliphatic carbocycles. The van der Waals surface area contributed by atoms with Crippen LogP contribution in [0.5, 0.6) is 23.0 Å². The number of carboxylic acids is 1. The molecule has 2 aliphatic rings. The van der Waals surface area contributed by atoms with Gasteiger partial charge in [0, 0.05) is 31.5 Å². The molecule has 0 spiro atoms. The minimum Gasteiger partial charge on any atom is -0.497 e. The topological polar surface area (TPSA) is 77.5 Å². The maximum Gasteiger partial charge on any atom is 0.307 e. The van der Waals surface area contributed by atoms with Crippen LogP contribution in [0.1, 0.15) is 23.0 Å². The summed E-state index contributed by atoms with van der Waals surface area (Å²) in [5.41, 5.74) is 1.92. The number of carboxylic acid groups (broad SMARTS) is 1. The van der Waals surface area contributed by atoms with Gasteiger partial charge in [-0.3, -0.25) is 9.69 Å². The van der Waals surface area contributed by atoms with E-state index in [0.29, 0.717) is 37.7 Å². The molecular formula is C28H29NO6. The van der Waals surface area contributed by atoms with Crippen molar-refractivity contribution >= 4 is 5.97 Å². The lowest BCUT2D eigenvalue weighted by molar-refractivity contribution is -0.145. The number of likely N-dealkylation sites (tertiary alicyclic amines) is 1. The first-order valence-corrected chi connectivity index (χ1v) is 11.8. The summed E-state index contributed by atoms with van der Waals surface area (Å²) in [6.07, 6.45) is 0. The summed E-state index contributed by atoms with van der Waals surface area (Å²) < 4.78 is 22.3. The van der Waals surface area contributed by atoms with Crippen LogP contribution in [0.15, 0.2) is 72.8 Å². The third kappa shape index (κ3) is 5.05. The van der Waals surface area contributed by atoms with Gasteiger partial charge in [-0.15, -0.1) is 0 Å². The summed E-state index contributed by atoms with van der Waals surface area (Å²) in [4.78, 5) is 15.0. The number of hydrogen-bond donors (Lipinski definition) is 1. The molecule has 2 heterocycles. The average Bonchev–Trinajstić information content (AvgIpc) is 3.37. The molecule has 0 bridgehead atoms. The van der Waals surface area contributed by atoms with E-state index in [4.69, 9.17) is 18.9 Å². The second kappa shape index (κ2) is 10.3. The van der Waals surface area contributed by atoms with Crippen molar-refractivity contribution in [2.75, 3.05) is 40.1 Å². The molecular weight excluding hydrogens is 446 g/mol. The van der Waals surface area contributed by atoms with Crippen LogP contribution in [-0.2, 0) is 4.79 Å². The Bertz CT molecular complexity index is 1150. The predicted octanol–water partition coefficient (Wildman–Crippen LogP) is 4.39. The van der Waals surface area contributed by atoms with E-state index < -0.39 is 11.9 Å². The zero-order valence-corrected chi connectivity index (χ0v) is 19.6. The SMILES string of the molecule is COc1ccc([C@H]2CN(CCOc3ccccc3)CC(c3ccc4c(c3)OCO4)[C@@H]2C(=O)O)cc1. The third-order valence-corrected chi connectivity index (χ3v) is 6.85. The van der Waals surface area contributed by atoms with Crippen LogP contribution in [0.4, 0.5) is 0 Å². The van der Waals surface area contributed by atoms with Crippen molar-refractivity contribution < 1.29 is 28.8 Å². The van der Waals surface area contributed by atoms with Crippen LogP contribution >= 0.6 is 0 Å². The highest BCUT2D eigenvalue weighted by Gasteiger charge is 2.43. The predicted molar refractivity (Wildman–Crippen MR) is 131 cm³/mol. The van der Waals surface area contributed by atoms with Crippen molar-refractivity contribution in [3.63, 3.8) is 0 Å². The molecule has 3 aromatic carbocycles. The molecule has 182 valence electrons. The Balaban J connectivity index is 1.43. The fourth-order valence-electron chi connectivity index (χ4n) is 5.09. The number of hydrogen-bond acceptors (Lipinski definition) is 6. The first-order valence-electron chi connectivity index (χ1n) is 11.8. The number of carbonyl (C=O) groups is 1. The van der Waals surface area contributed by atoms with Gasteiger partial charge in [-0.1, -0.05) is 36.4 Å². The van der Waals surface area contributed by atoms with Crippen LogP contribution in [0, 0.1) is 5.92 Å². The van der Waals surface area contributed by atoms with Gasteiger partial charge in [0.05, 0.1) is 13.0 Å². The summed E-state index contributed by atoms with van der Waals surface area (Å²) in [5, 5.41) is 10.4. The van der Waals surface area contributed by atoms with E-state index in [1.54, 1.807) is 7.11 Å². The molecule has 1 fully saturated rings. The smallest absolute Gasteiger partial charge is 0.307 e. The number of fused-ring (bicyclic) bond motifs is 1. The molecule has 0 aromatic heterocycles. The van der Waals surface area contributed by atoms with Crippen LogP contribution in [-0.4, -0.2) is 56.1 Å². The summed E-state index contributed by atoms with van der Waals surface area (Å²) >= 11 is 0. The molecule has 3 atom stereocenters. The Kier molecular flexibility index (Phi) is 6.77. The maximum absolute atomic E-state index is 12.7. The molecule has 5 rings (SSSR count). The van der Waals surface area contributed by atoms with Gasteiger partial charge in [-0.25, -0.2) is 0 Å². The van der Waals surface area contributed by atoms with Gasteiger partial charge in [-0.2, -0.15) is 0 Å². The van der Waals surface area contributed by atoms with E-state index in [1.807, 2.05) is 72.8 Å². The van der Waals surface area contributed by atoms with E-state index in [0.717, 1.165) is 22.6 Å².